The van der Waals surface area contributed by atoms with Gasteiger partial charge in [0.15, 0.2) is 0 Å². The van der Waals surface area contributed by atoms with E-state index in [9.17, 15) is 5.11 Å². The molecule has 1 aromatic carbocycles. The van der Waals surface area contributed by atoms with Crippen molar-refractivity contribution in [1.82, 2.24) is 5.32 Å². The minimum Gasteiger partial charge on any atom is -0.497 e. The van der Waals surface area contributed by atoms with Gasteiger partial charge in [-0.25, -0.2) is 0 Å². The highest BCUT2D eigenvalue weighted by Crippen LogP contribution is 2.30. The largest absolute Gasteiger partial charge is 0.497 e. The molecule has 102 valence electrons. The van der Waals surface area contributed by atoms with Gasteiger partial charge in [0, 0.05) is 18.2 Å². The average molecular weight is 255 g/mol. The summed E-state index contributed by atoms with van der Waals surface area (Å²) >= 11 is 0. The van der Waals surface area contributed by atoms with Crippen molar-refractivity contribution in [2.45, 2.75) is 19.1 Å². The maximum Gasteiger partial charge on any atom is 0.124 e. The third kappa shape index (κ3) is 3.60. The first kappa shape index (κ1) is 14.8. The smallest absolute Gasteiger partial charge is 0.124 e. The predicted octanol–water partition coefficient (Wildman–Crippen LogP) is 0.708. The molecule has 0 fully saturated rings. The lowest BCUT2D eigenvalue weighted by atomic mass is 10.0. The second-order valence-electron chi connectivity index (χ2n) is 4.02. The summed E-state index contributed by atoms with van der Waals surface area (Å²) < 4.78 is 10.4. The molecule has 0 amide bonds. The van der Waals surface area contributed by atoms with Crippen molar-refractivity contribution in [2.24, 2.45) is 0 Å². The Morgan fingerprint density at radius 2 is 2.00 bits per heavy atom. The van der Waals surface area contributed by atoms with Crippen LogP contribution < -0.4 is 14.8 Å². The minimum absolute atomic E-state index is 0.0340. The number of nitrogens with one attached hydrogen (secondary N) is 1. The molecule has 0 spiro atoms. The Labute approximate surface area is 107 Å². The number of aliphatic hydroxyl groups is 2. The lowest BCUT2D eigenvalue weighted by molar-refractivity contribution is 0.128. The Morgan fingerprint density at radius 1 is 1.28 bits per heavy atom. The molecular weight excluding hydrogens is 234 g/mol. The van der Waals surface area contributed by atoms with Crippen LogP contribution in [0, 0.1) is 0 Å². The number of aliphatic hydroxyl groups excluding tert-OH is 2. The van der Waals surface area contributed by atoms with Gasteiger partial charge in [-0.3, -0.25) is 0 Å². The van der Waals surface area contributed by atoms with Crippen LogP contribution in [0.15, 0.2) is 18.2 Å². The first-order valence-corrected chi connectivity index (χ1v) is 5.88. The molecule has 3 N–H and O–H groups in total. The van der Waals surface area contributed by atoms with Crippen molar-refractivity contribution < 1.29 is 19.7 Å². The molecule has 0 saturated heterocycles. The van der Waals surface area contributed by atoms with E-state index in [1.807, 2.05) is 6.92 Å². The number of ether oxygens (including phenoxy) is 2. The fraction of sp³-hybridized carbons (Fsp3) is 0.538. The summed E-state index contributed by atoms with van der Waals surface area (Å²) in [7, 11) is 3.13. The highest BCUT2D eigenvalue weighted by Gasteiger charge is 2.20. The molecule has 18 heavy (non-hydrogen) atoms. The summed E-state index contributed by atoms with van der Waals surface area (Å²) in [5.41, 5.74) is 0.662. The maximum atomic E-state index is 10.3. The standard InChI is InChI=1S/C13H21NO4/c1-9(14-6-7-15)13(16)11-8-10(17-2)4-5-12(11)18-3/h4-5,8-9,13-16H,6-7H2,1-3H3. The summed E-state index contributed by atoms with van der Waals surface area (Å²) in [6.45, 7) is 2.32. The molecule has 1 aromatic rings. The van der Waals surface area contributed by atoms with Gasteiger partial charge in [-0.05, 0) is 25.1 Å². The zero-order valence-electron chi connectivity index (χ0n) is 11.0. The highest BCUT2D eigenvalue weighted by atomic mass is 16.5. The van der Waals surface area contributed by atoms with Gasteiger partial charge in [0.25, 0.3) is 0 Å². The highest BCUT2D eigenvalue weighted by molar-refractivity contribution is 5.42. The number of benzene rings is 1. The normalized spacial score (nSPS) is 14.1. The molecule has 0 aliphatic rings. The van der Waals surface area contributed by atoms with Gasteiger partial charge in [0.2, 0.25) is 0 Å². The molecule has 5 nitrogen and oxygen atoms in total. The van der Waals surface area contributed by atoms with Crippen LogP contribution in [0.2, 0.25) is 0 Å². The van der Waals surface area contributed by atoms with E-state index in [2.05, 4.69) is 5.32 Å². The summed E-state index contributed by atoms with van der Waals surface area (Å²) in [6.07, 6.45) is -0.735. The van der Waals surface area contributed by atoms with Crippen LogP contribution in [-0.4, -0.2) is 43.6 Å². The van der Waals surface area contributed by atoms with Crippen LogP contribution in [0.3, 0.4) is 0 Å². The minimum atomic E-state index is -0.735. The van der Waals surface area contributed by atoms with E-state index in [0.717, 1.165) is 0 Å². The van der Waals surface area contributed by atoms with Crippen LogP contribution >= 0.6 is 0 Å². The van der Waals surface area contributed by atoms with Crippen molar-refractivity contribution in [3.8, 4) is 11.5 Å². The van der Waals surface area contributed by atoms with E-state index in [0.29, 0.717) is 23.6 Å². The van der Waals surface area contributed by atoms with Gasteiger partial charge in [-0.2, -0.15) is 0 Å². The number of hydrogen-bond acceptors (Lipinski definition) is 5. The third-order valence-electron chi connectivity index (χ3n) is 2.81. The number of hydrogen-bond donors (Lipinski definition) is 3. The van der Waals surface area contributed by atoms with Gasteiger partial charge < -0.3 is 25.0 Å². The lowest BCUT2D eigenvalue weighted by Crippen LogP contribution is -2.34. The van der Waals surface area contributed by atoms with E-state index in [-0.39, 0.29) is 12.6 Å². The zero-order chi connectivity index (χ0) is 13.5. The van der Waals surface area contributed by atoms with E-state index in [1.165, 1.54) is 0 Å². The van der Waals surface area contributed by atoms with Crippen molar-refractivity contribution >= 4 is 0 Å². The molecule has 0 bridgehead atoms. The van der Waals surface area contributed by atoms with Crippen molar-refractivity contribution in [1.29, 1.82) is 0 Å². The average Bonchev–Trinajstić information content (AvgIpc) is 2.43. The molecule has 0 heterocycles. The Balaban J connectivity index is 2.91. The first-order valence-electron chi connectivity index (χ1n) is 5.88. The predicted molar refractivity (Wildman–Crippen MR) is 69.1 cm³/mol. The van der Waals surface area contributed by atoms with E-state index in [1.54, 1.807) is 32.4 Å². The monoisotopic (exact) mass is 255 g/mol. The molecule has 0 radical (unpaired) electrons. The summed E-state index contributed by atoms with van der Waals surface area (Å²) in [5, 5.41) is 22.1. The SMILES string of the molecule is COc1ccc(OC)c(C(O)C(C)NCCO)c1. The summed E-state index contributed by atoms with van der Waals surface area (Å²) in [4.78, 5) is 0. The Kier molecular flexibility index (Phi) is 5.91. The third-order valence-corrected chi connectivity index (χ3v) is 2.81. The van der Waals surface area contributed by atoms with E-state index in [4.69, 9.17) is 14.6 Å². The first-order chi connectivity index (χ1) is 8.63. The zero-order valence-corrected chi connectivity index (χ0v) is 11.0. The van der Waals surface area contributed by atoms with Crippen LogP contribution in [0.5, 0.6) is 11.5 Å². The van der Waals surface area contributed by atoms with Gasteiger partial charge in [-0.15, -0.1) is 0 Å². The van der Waals surface area contributed by atoms with E-state index < -0.39 is 6.10 Å². The van der Waals surface area contributed by atoms with E-state index >= 15 is 0 Å². The Morgan fingerprint density at radius 3 is 2.56 bits per heavy atom. The molecule has 2 atom stereocenters. The second kappa shape index (κ2) is 7.20. The van der Waals surface area contributed by atoms with Gasteiger partial charge in [0.05, 0.1) is 26.9 Å². The molecule has 1 rings (SSSR count). The number of rotatable bonds is 7. The summed E-state index contributed by atoms with van der Waals surface area (Å²) in [6, 6.07) is 5.09. The van der Waals surface area contributed by atoms with Crippen molar-refractivity contribution in [2.75, 3.05) is 27.4 Å². The Hall–Kier alpha value is -1.30. The lowest BCUT2D eigenvalue weighted by Gasteiger charge is -2.22. The molecule has 0 aliphatic heterocycles. The maximum absolute atomic E-state index is 10.3. The Bertz CT molecular complexity index is 370. The second-order valence-corrected chi connectivity index (χ2v) is 4.02. The molecular formula is C13H21NO4. The summed E-state index contributed by atoms with van der Waals surface area (Å²) in [5.74, 6) is 1.28. The molecule has 0 saturated carbocycles. The van der Waals surface area contributed by atoms with Crippen molar-refractivity contribution in [3.63, 3.8) is 0 Å². The fourth-order valence-electron chi connectivity index (χ4n) is 1.74. The van der Waals surface area contributed by atoms with Gasteiger partial charge in [-0.1, -0.05) is 0 Å². The van der Waals surface area contributed by atoms with Crippen molar-refractivity contribution in [3.05, 3.63) is 23.8 Å². The van der Waals surface area contributed by atoms with Crippen LogP contribution in [-0.2, 0) is 0 Å². The fourth-order valence-corrected chi connectivity index (χ4v) is 1.74. The number of methoxy groups -OCH3 is 2. The van der Waals surface area contributed by atoms with Crippen LogP contribution in [0.25, 0.3) is 0 Å². The van der Waals surface area contributed by atoms with Crippen LogP contribution in [0.1, 0.15) is 18.6 Å². The molecule has 2 unspecified atom stereocenters. The quantitative estimate of drug-likeness (QED) is 0.669. The molecule has 0 aromatic heterocycles. The molecule has 5 heteroatoms. The van der Waals surface area contributed by atoms with Crippen LogP contribution in [0.4, 0.5) is 0 Å². The topological polar surface area (TPSA) is 71.0 Å². The molecule has 0 aliphatic carbocycles. The van der Waals surface area contributed by atoms with Gasteiger partial charge >= 0.3 is 0 Å². The van der Waals surface area contributed by atoms with Gasteiger partial charge in [0.1, 0.15) is 11.5 Å².